The van der Waals surface area contributed by atoms with Crippen LogP contribution < -0.4 is 10.3 Å². The van der Waals surface area contributed by atoms with Gasteiger partial charge in [-0.2, -0.15) is 0 Å². The molecule has 0 atom stereocenters. The fraction of sp³-hybridized carbons (Fsp3) is 0.529. The average molecular weight is 317 g/mol. The summed E-state index contributed by atoms with van der Waals surface area (Å²) >= 11 is 0. The van der Waals surface area contributed by atoms with E-state index in [1.807, 2.05) is 26.0 Å². The molecule has 1 fully saturated rings. The van der Waals surface area contributed by atoms with Gasteiger partial charge in [0.2, 0.25) is 0 Å². The van der Waals surface area contributed by atoms with Gasteiger partial charge < -0.3 is 19.7 Å². The van der Waals surface area contributed by atoms with Crippen molar-refractivity contribution < 1.29 is 9.84 Å². The predicted octanol–water partition coefficient (Wildman–Crippen LogP) is 1.54. The van der Waals surface area contributed by atoms with Crippen molar-refractivity contribution in [2.75, 3.05) is 19.6 Å². The van der Waals surface area contributed by atoms with Crippen LogP contribution in [0.3, 0.4) is 0 Å². The second kappa shape index (κ2) is 6.29. The minimum atomic E-state index is -0.667. The molecular formula is C17H23N3O3. The number of nitrogens with one attached hydrogen (secondary N) is 1. The number of aromatic nitrogens is 2. The number of rotatable bonds is 4. The normalized spacial score (nSPS) is 17.5. The Bertz CT molecular complexity index is 728. The predicted molar refractivity (Wildman–Crippen MR) is 88.8 cm³/mol. The second-order valence-electron chi connectivity index (χ2n) is 6.82. The van der Waals surface area contributed by atoms with Gasteiger partial charge in [0.1, 0.15) is 11.9 Å². The number of piperidine rings is 1. The smallest absolute Gasteiger partial charge is 0.258 e. The molecular weight excluding hydrogens is 294 g/mol. The van der Waals surface area contributed by atoms with Crippen LogP contribution in [0.1, 0.15) is 26.7 Å². The molecule has 1 saturated heterocycles. The molecule has 1 aliphatic heterocycles. The first-order valence-electron chi connectivity index (χ1n) is 7.99. The van der Waals surface area contributed by atoms with Gasteiger partial charge in [-0.15, -0.1) is 0 Å². The molecule has 0 saturated carbocycles. The number of fused-ring (bicyclic) bond motifs is 1. The number of aromatic amines is 1. The molecule has 0 bridgehead atoms. The van der Waals surface area contributed by atoms with Crippen molar-refractivity contribution in [3.05, 3.63) is 34.9 Å². The Balaban J connectivity index is 1.63. The number of nitrogens with zero attached hydrogens (tertiary/aromatic N) is 2. The maximum absolute atomic E-state index is 11.8. The summed E-state index contributed by atoms with van der Waals surface area (Å²) in [5, 5.41) is 10.4. The van der Waals surface area contributed by atoms with E-state index in [1.165, 1.54) is 6.33 Å². The molecule has 3 rings (SSSR count). The van der Waals surface area contributed by atoms with Gasteiger partial charge in [0.05, 0.1) is 22.8 Å². The Labute approximate surface area is 135 Å². The van der Waals surface area contributed by atoms with E-state index in [0.29, 0.717) is 23.2 Å². The van der Waals surface area contributed by atoms with Gasteiger partial charge in [0.25, 0.3) is 5.56 Å². The monoisotopic (exact) mass is 317 g/mol. The number of hydrogen-bond acceptors (Lipinski definition) is 5. The molecule has 0 aliphatic carbocycles. The van der Waals surface area contributed by atoms with E-state index in [4.69, 9.17) is 4.74 Å². The summed E-state index contributed by atoms with van der Waals surface area (Å²) in [5.41, 5.74) is -0.151. The Kier molecular flexibility index (Phi) is 4.37. The third-order valence-corrected chi connectivity index (χ3v) is 4.06. The third-order valence-electron chi connectivity index (χ3n) is 4.06. The summed E-state index contributed by atoms with van der Waals surface area (Å²) in [4.78, 5) is 20.8. The summed E-state index contributed by atoms with van der Waals surface area (Å²) in [7, 11) is 0. The molecule has 1 aromatic heterocycles. The molecule has 0 amide bonds. The number of hydrogen-bond donors (Lipinski definition) is 2. The summed E-state index contributed by atoms with van der Waals surface area (Å²) in [6, 6.07) is 5.42. The van der Waals surface area contributed by atoms with Crippen LogP contribution >= 0.6 is 0 Å². The number of aliphatic hydroxyl groups is 1. The number of benzene rings is 1. The summed E-state index contributed by atoms with van der Waals surface area (Å²) in [6.07, 6.45) is 3.37. The van der Waals surface area contributed by atoms with Crippen molar-refractivity contribution in [3.63, 3.8) is 0 Å². The van der Waals surface area contributed by atoms with Gasteiger partial charge in [-0.3, -0.25) is 4.79 Å². The van der Waals surface area contributed by atoms with Crippen molar-refractivity contribution in [2.45, 2.75) is 38.4 Å². The maximum atomic E-state index is 11.8. The first-order valence-corrected chi connectivity index (χ1v) is 7.99. The lowest BCUT2D eigenvalue weighted by Gasteiger charge is -2.35. The molecule has 0 radical (unpaired) electrons. The van der Waals surface area contributed by atoms with Crippen molar-refractivity contribution >= 4 is 10.9 Å². The quantitative estimate of drug-likeness (QED) is 0.894. The summed E-state index contributed by atoms with van der Waals surface area (Å²) < 4.78 is 6.03. The van der Waals surface area contributed by atoms with Crippen molar-refractivity contribution in [1.82, 2.24) is 14.9 Å². The maximum Gasteiger partial charge on any atom is 0.258 e. The summed E-state index contributed by atoms with van der Waals surface area (Å²) in [5.74, 6) is 0.705. The molecule has 2 heterocycles. The van der Waals surface area contributed by atoms with Gasteiger partial charge in [-0.25, -0.2) is 4.98 Å². The Morgan fingerprint density at radius 2 is 2.13 bits per heavy atom. The van der Waals surface area contributed by atoms with E-state index in [9.17, 15) is 9.90 Å². The topological polar surface area (TPSA) is 78.5 Å². The number of likely N-dealkylation sites (tertiary alicyclic amines) is 1. The largest absolute Gasteiger partial charge is 0.490 e. The van der Waals surface area contributed by atoms with Crippen LogP contribution in [-0.2, 0) is 0 Å². The molecule has 1 aliphatic rings. The zero-order chi connectivity index (χ0) is 16.4. The highest BCUT2D eigenvalue weighted by atomic mass is 16.5. The Hall–Kier alpha value is -1.92. The average Bonchev–Trinajstić information content (AvgIpc) is 2.49. The zero-order valence-corrected chi connectivity index (χ0v) is 13.6. The molecule has 2 aromatic rings. The first-order chi connectivity index (χ1) is 10.9. The highest BCUT2D eigenvalue weighted by Gasteiger charge is 2.24. The lowest BCUT2D eigenvalue weighted by Crippen LogP contribution is -2.45. The minimum Gasteiger partial charge on any atom is -0.490 e. The van der Waals surface area contributed by atoms with Crippen LogP contribution in [0.2, 0.25) is 0 Å². The van der Waals surface area contributed by atoms with Crippen LogP contribution in [0.4, 0.5) is 0 Å². The number of ether oxygens (including phenoxy) is 1. The lowest BCUT2D eigenvalue weighted by molar-refractivity contribution is 0.0140. The van der Waals surface area contributed by atoms with Gasteiger partial charge in [-0.05, 0) is 44.9 Å². The van der Waals surface area contributed by atoms with Gasteiger partial charge in [-0.1, -0.05) is 0 Å². The minimum absolute atomic E-state index is 0.140. The SMILES string of the molecule is CC(C)(O)CN1CCC(Oc2ccc3nc[nH]c(=O)c3c2)CC1. The number of H-pyrrole nitrogens is 1. The number of β-amino-alcohol motifs (C(OH)–C–C–N with tert-alkyl or cyclic N) is 1. The van der Waals surface area contributed by atoms with E-state index in [2.05, 4.69) is 14.9 Å². The van der Waals surface area contributed by atoms with E-state index in [-0.39, 0.29) is 11.7 Å². The Morgan fingerprint density at radius 1 is 1.39 bits per heavy atom. The van der Waals surface area contributed by atoms with E-state index >= 15 is 0 Å². The standard InChI is InChI=1S/C17H23N3O3/c1-17(2,22)10-20-7-5-12(6-8-20)23-13-3-4-15-14(9-13)16(21)19-11-18-15/h3-4,9,11-12,22H,5-8,10H2,1-2H3,(H,18,19,21). The van der Waals surface area contributed by atoms with Crippen LogP contribution in [0.15, 0.2) is 29.3 Å². The van der Waals surface area contributed by atoms with Gasteiger partial charge >= 0.3 is 0 Å². The van der Waals surface area contributed by atoms with E-state index in [1.54, 1.807) is 6.07 Å². The molecule has 6 heteroatoms. The Morgan fingerprint density at radius 3 is 2.83 bits per heavy atom. The molecule has 124 valence electrons. The van der Waals surface area contributed by atoms with Crippen LogP contribution in [0.5, 0.6) is 5.75 Å². The molecule has 23 heavy (non-hydrogen) atoms. The summed E-state index contributed by atoms with van der Waals surface area (Å²) in [6.45, 7) is 6.15. The highest BCUT2D eigenvalue weighted by Crippen LogP contribution is 2.22. The molecule has 6 nitrogen and oxygen atoms in total. The fourth-order valence-electron chi connectivity index (χ4n) is 3.05. The van der Waals surface area contributed by atoms with Crippen LogP contribution in [0.25, 0.3) is 10.9 Å². The van der Waals surface area contributed by atoms with Crippen molar-refractivity contribution in [2.24, 2.45) is 0 Å². The fourth-order valence-corrected chi connectivity index (χ4v) is 3.05. The van der Waals surface area contributed by atoms with Gasteiger partial charge in [0.15, 0.2) is 0 Å². The van der Waals surface area contributed by atoms with E-state index in [0.717, 1.165) is 25.9 Å². The van der Waals surface area contributed by atoms with Crippen LogP contribution in [0, 0.1) is 0 Å². The highest BCUT2D eigenvalue weighted by molar-refractivity contribution is 5.78. The third kappa shape index (κ3) is 4.09. The molecule has 0 unspecified atom stereocenters. The zero-order valence-electron chi connectivity index (χ0n) is 13.6. The molecule has 1 aromatic carbocycles. The van der Waals surface area contributed by atoms with Crippen molar-refractivity contribution in [1.29, 1.82) is 0 Å². The molecule has 2 N–H and O–H groups in total. The lowest BCUT2D eigenvalue weighted by atomic mass is 10.0. The second-order valence-corrected chi connectivity index (χ2v) is 6.82. The van der Waals surface area contributed by atoms with Crippen LogP contribution in [-0.4, -0.2) is 51.3 Å². The van der Waals surface area contributed by atoms with E-state index < -0.39 is 5.60 Å². The van der Waals surface area contributed by atoms with Crippen molar-refractivity contribution in [3.8, 4) is 5.75 Å². The first kappa shape index (κ1) is 16.0. The van der Waals surface area contributed by atoms with Gasteiger partial charge in [0, 0.05) is 19.6 Å². The molecule has 0 spiro atoms.